The fourth-order valence-electron chi connectivity index (χ4n) is 1.42. The lowest BCUT2D eigenvalue weighted by atomic mass is 10.3. The van der Waals surface area contributed by atoms with Crippen LogP contribution >= 0.6 is 31.9 Å². The van der Waals surface area contributed by atoms with E-state index in [2.05, 4.69) is 54.1 Å². The van der Waals surface area contributed by atoms with Gasteiger partial charge in [0.25, 0.3) is 0 Å². The van der Waals surface area contributed by atoms with Crippen LogP contribution < -0.4 is 10.1 Å². The van der Waals surface area contributed by atoms with Gasteiger partial charge in [-0.3, -0.25) is 0 Å². The monoisotopic (exact) mass is 385 g/mol. The molecule has 0 atom stereocenters. The average Bonchev–Trinajstić information content (AvgIpc) is 2.42. The van der Waals surface area contributed by atoms with Gasteiger partial charge >= 0.3 is 0 Å². The number of aromatic nitrogens is 2. The van der Waals surface area contributed by atoms with Crippen molar-refractivity contribution in [3.8, 4) is 11.6 Å². The van der Waals surface area contributed by atoms with Gasteiger partial charge in [-0.2, -0.15) is 0 Å². The normalized spacial score (nSPS) is 10.3. The van der Waals surface area contributed by atoms with E-state index in [1.165, 1.54) is 6.33 Å². The van der Waals surface area contributed by atoms with Crippen LogP contribution in [0.25, 0.3) is 0 Å². The Morgan fingerprint density at radius 3 is 2.74 bits per heavy atom. The Balaban J connectivity index is 2.23. The zero-order valence-corrected chi connectivity index (χ0v) is 13.5. The Morgan fingerprint density at radius 1 is 1.21 bits per heavy atom. The first-order valence-corrected chi connectivity index (χ1v) is 7.47. The van der Waals surface area contributed by atoms with Gasteiger partial charge in [0.1, 0.15) is 22.4 Å². The first-order chi connectivity index (χ1) is 9.22. The number of ether oxygens (including phenoxy) is 1. The van der Waals surface area contributed by atoms with Gasteiger partial charge in [-0.25, -0.2) is 9.97 Å². The molecule has 1 heterocycles. The van der Waals surface area contributed by atoms with Crippen LogP contribution in [0.4, 0.5) is 5.82 Å². The number of nitrogens with zero attached hydrogens (tertiary/aromatic N) is 2. The Morgan fingerprint density at radius 2 is 2.00 bits per heavy atom. The van der Waals surface area contributed by atoms with Gasteiger partial charge < -0.3 is 10.1 Å². The molecule has 0 aliphatic heterocycles. The van der Waals surface area contributed by atoms with Crippen LogP contribution in [0.2, 0.25) is 0 Å². The van der Waals surface area contributed by atoms with Crippen LogP contribution in [-0.2, 0) is 0 Å². The minimum absolute atomic E-state index is 0.487. The summed E-state index contributed by atoms with van der Waals surface area (Å²) in [5.74, 6) is 1.93. The van der Waals surface area contributed by atoms with Gasteiger partial charge in [-0.05, 0) is 50.4 Å². The highest BCUT2D eigenvalue weighted by atomic mass is 79.9. The van der Waals surface area contributed by atoms with E-state index >= 15 is 0 Å². The van der Waals surface area contributed by atoms with E-state index in [4.69, 9.17) is 4.74 Å². The Bertz CT molecular complexity index is 563. The molecule has 1 N–H and O–H groups in total. The van der Waals surface area contributed by atoms with Crippen LogP contribution in [-0.4, -0.2) is 16.5 Å². The van der Waals surface area contributed by atoms with E-state index in [1.54, 1.807) is 0 Å². The second-order valence-corrected chi connectivity index (χ2v) is 5.45. The third-order valence-electron chi connectivity index (χ3n) is 2.34. The summed E-state index contributed by atoms with van der Waals surface area (Å²) in [6, 6.07) is 7.63. The van der Waals surface area contributed by atoms with E-state index in [0.29, 0.717) is 11.6 Å². The second kappa shape index (κ2) is 6.86. The molecule has 1 aromatic carbocycles. The Hall–Kier alpha value is -1.14. The predicted octanol–water partition coefficient (Wildman–Crippen LogP) is 4.62. The third-order valence-corrected chi connectivity index (χ3v) is 3.71. The molecule has 0 unspecified atom stereocenters. The number of benzene rings is 1. The lowest BCUT2D eigenvalue weighted by molar-refractivity contribution is 0.455. The molecular formula is C13H13Br2N3O. The Kier molecular flexibility index (Phi) is 5.15. The maximum Gasteiger partial charge on any atom is 0.238 e. The average molecular weight is 387 g/mol. The highest BCUT2D eigenvalue weighted by molar-refractivity contribution is 9.11. The van der Waals surface area contributed by atoms with E-state index in [0.717, 1.165) is 27.7 Å². The summed E-state index contributed by atoms with van der Waals surface area (Å²) in [5.41, 5.74) is 0. The zero-order chi connectivity index (χ0) is 13.7. The molecule has 0 bridgehead atoms. The molecule has 0 fully saturated rings. The first-order valence-electron chi connectivity index (χ1n) is 5.89. The molecule has 0 aliphatic carbocycles. The molecular weight excluding hydrogens is 374 g/mol. The van der Waals surface area contributed by atoms with Crippen molar-refractivity contribution in [2.75, 3.05) is 11.9 Å². The van der Waals surface area contributed by atoms with Gasteiger partial charge in [0, 0.05) is 6.54 Å². The number of rotatable bonds is 5. The second-order valence-electron chi connectivity index (χ2n) is 3.80. The van der Waals surface area contributed by atoms with Crippen molar-refractivity contribution in [1.82, 2.24) is 9.97 Å². The molecule has 0 amide bonds. The smallest absolute Gasteiger partial charge is 0.238 e. The standard InChI is InChI=1S/C13H13Br2N3O/c1-2-7-16-12-11(15)13(18-8-17-12)19-10-6-4-3-5-9(10)14/h3-6,8H,2,7H2,1H3,(H,16,17,18). The number of anilines is 1. The van der Waals surface area contributed by atoms with Crippen LogP contribution in [0.1, 0.15) is 13.3 Å². The molecule has 0 aliphatic rings. The minimum atomic E-state index is 0.487. The Labute approximate surface area is 128 Å². The third kappa shape index (κ3) is 3.67. The molecule has 4 nitrogen and oxygen atoms in total. The molecule has 1 aromatic heterocycles. The molecule has 0 saturated heterocycles. The summed E-state index contributed by atoms with van der Waals surface area (Å²) in [6.45, 7) is 2.95. The van der Waals surface area contributed by atoms with E-state index in [9.17, 15) is 0 Å². The number of hydrogen-bond acceptors (Lipinski definition) is 4. The zero-order valence-electron chi connectivity index (χ0n) is 10.4. The number of nitrogens with one attached hydrogen (secondary N) is 1. The highest BCUT2D eigenvalue weighted by Crippen LogP contribution is 2.34. The molecule has 0 saturated carbocycles. The molecule has 2 rings (SSSR count). The highest BCUT2D eigenvalue weighted by Gasteiger charge is 2.11. The molecule has 2 aromatic rings. The molecule has 19 heavy (non-hydrogen) atoms. The SMILES string of the molecule is CCCNc1ncnc(Oc2ccccc2Br)c1Br. The van der Waals surface area contributed by atoms with Crippen molar-refractivity contribution in [2.24, 2.45) is 0 Å². The van der Waals surface area contributed by atoms with Gasteiger partial charge in [-0.1, -0.05) is 19.1 Å². The summed E-state index contributed by atoms with van der Waals surface area (Å²) >= 11 is 6.91. The van der Waals surface area contributed by atoms with Gasteiger partial charge in [0.05, 0.1) is 4.47 Å². The number of para-hydroxylation sites is 1. The van der Waals surface area contributed by atoms with Crippen LogP contribution in [0.3, 0.4) is 0 Å². The van der Waals surface area contributed by atoms with Crippen LogP contribution in [0, 0.1) is 0 Å². The largest absolute Gasteiger partial charge is 0.436 e. The fraction of sp³-hybridized carbons (Fsp3) is 0.231. The van der Waals surface area contributed by atoms with Crippen molar-refractivity contribution in [1.29, 1.82) is 0 Å². The fourth-order valence-corrected chi connectivity index (χ4v) is 2.21. The van der Waals surface area contributed by atoms with E-state index in [1.807, 2.05) is 24.3 Å². The minimum Gasteiger partial charge on any atom is -0.436 e. The van der Waals surface area contributed by atoms with Crippen LogP contribution in [0.15, 0.2) is 39.5 Å². The van der Waals surface area contributed by atoms with Crippen molar-refractivity contribution in [3.63, 3.8) is 0 Å². The molecule has 0 spiro atoms. The van der Waals surface area contributed by atoms with Crippen molar-refractivity contribution < 1.29 is 4.74 Å². The van der Waals surface area contributed by atoms with Crippen molar-refractivity contribution in [3.05, 3.63) is 39.5 Å². The summed E-state index contributed by atoms with van der Waals surface area (Å²) in [6.07, 6.45) is 2.51. The topological polar surface area (TPSA) is 47.0 Å². The quantitative estimate of drug-likeness (QED) is 0.814. The van der Waals surface area contributed by atoms with Crippen molar-refractivity contribution in [2.45, 2.75) is 13.3 Å². The van der Waals surface area contributed by atoms with Crippen LogP contribution in [0.5, 0.6) is 11.6 Å². The summed E-state index contributed by atoms with van der Waals surface area (Å²) in [7, 11) is 0. The summed E-state index contributed by atoms with van der Waals surface area (Å²) < 4.78 is 7.38. The lowest BCUT2D eigenvalue weighted by Gasteiger charge is -2.11. The maximum atomic E-state index is 5.78. The first kappa shape index (κ1) is 14.3. The molecule has 6 heteroatoms. The van der Waals surface area contributed by atoms with E-state index in [-0.39, 0.29) is 0 Å². The summed E-state index contributed by atoms with van der Waals surface area (Å²) in [5, 5.41) is 3.21. The molecule has 0 radical (unpaired) electrons. The van der Waals surface area contributed by atoms with Crippen molar-refractivity contribution >= 4 is 37.7 Å². The van der Waals surface area contributed by atoms with E-state index < -0.39 is 0 Å². The van der Waals surface area contributed by atoms with Gasteiger partial charge in [-0.15, -0.1) is 0 Å². The van der Waals surface area contributed by atoms with Gasteiger partial charge in [0.2, 0.25) is 5.88 Å². The predicted molar refractivity (Wildman–Crippen MR) is 82.7 cm³/mol. The molecule has 100 valence electrons. The lowest BCUT2D eigenvalue weighted by Crippen LogP contribution is -2.04. The van der Waals surface area contributed by atoms with Gasteiger partial charge in [0.15, 0.2) is 0 Å². The number of hydrogen-bond donors (Lipinski definition) is 1. The maximum absolute atomic E-state index is 5.78. The summed E-state index contributed by atoms with van der Waals surface area (Å²) in [4.78, 5) is 8.32. The number of halogens is 2.